The highest BCUT2D eigenvalue weighted by atomic mass is 35.5. The molecule has 1 aromatic heterocycles. The van der Waals surface area contributed by atoms with Crippen LogP contribution in [0.1, 0.15) is 12.5 Å². The van der Waals surface area contributed by atoms with Crippen LogP contribution in [0.4, 0.5) is 0 Å². The van der Waals surface area contributed by atoms with Gasteiger partial charge in [0.1, 0.15) is 0 Å². The highest BCUT2D eigenvalue weighted by Gasteiger charge is 2.08. The minimum absolute atomic E-state index is 0.0678. The zero-order valence-corrected chi connectivity index (χ0v) is 10.9. The maximum atomic E-state index is 6.00. The third-order valence-electron chi connectivity index (χ3n) is 2.38. The first kappa shape index (κ1) is 12.4. The summed E-state index contributed by atoms with van der Waals surface area (Å²) in [6, 6.07) is 5.73. The van der Waals surface area contributed by atoms with Crippen LogP contribution in [0.3, 0.4) is 0 Å². The number of hydrogen-bond acceptors (Lipinski definition) is 2. The van der Waals surface area contributed by atoms with Crippen LogP contribution in [0.15, 0.2) is 30.6 Å². The first-order valence-electron chi connectivity index (χ1n) is 5.31. The fourth-order valence-electron chi connectivity index (χ4n) is 1.72. The van der Waals surface area contributed by atoms with Gasteiger partial charge in [-0.2, -0.15) is 5.10 Å². The fraction of sp³-hybridized carbons (Fsp3) is 0.250. The van der Waals surface area contributed by atoms with Gasteiger partial charge in [0.05, 0.1) is 16.9 Å². The Kier molecular flexibility index (Phi) is 3.72. The first-order valence-corrected chi connectivity index (χ1v) is 6.06. The number of benzene rings is 1. The van der Waals surface area contributed by atoms with Gasteiger partial charge in [0.15, 0.2) is 0 Å². The van der Waals surface area contributed by atoms with E-state index in [1.54, 1.807) is 17.1 Å². The van der Waals surface area contributed by atoms with Crippen molar-refractivity contribution in [2.24, 2.45) is 5.73 Å². The van der Waals surface area contributed by atoms with Crippen LogP contribution in [0, 0.1) is 0 Å². The van der Waals surface area contributed by atoms with Crippen LogP contribution in [0.2, 0.25) is 10.0 Å². The van der Waals surface area contributed by atoms with Crippen LogP contribution in [0.25, 0.3) is 5.69 Å². The quantitative estimate of drug-likeness (QED) is 0.931. The summed E-state index contributed by atoms with van der Waals surface area (Å²) in [7, 11) is 0. The molecule has 1 unspecified atom stereocenters. The molecular formula is C12H13Cl2N3. The Hall–Kier alpha value is -1.03. The molecule has 90 valence electrons. The molecule has 0 aliphatic carbocycles. The monoisotopic (exact) mass is 269 g/mol. The molecule has 3 nitrogen and oxygen atoms in total. The Labute approximate surface area is 110 Å². The van der Waals surface area contributed by atoms with Gasteiger partial charge in [-0.1, -0.05) is 23.2 Å². The highest BCUT2D eigenvalue weighted by molar-refractivity contribution is 6.31. The molecule has 2 N–H and O–H groups in total. The molecule has 0 radical (unpaired) electrons. The summed E-state index contributed by atoms with van der Waals surface area (Å²) in [6.45, 7) is 1.96. The summed E-state index contributed by atoms with van der Waals surface area (Å²) in [4.78, 5) is 0. The minimum atomic E-state index is 0.0678. The Morgan fingerprint density at radius 1 is 1.35 bits per heavy atom. The Morgan fingerprint density at radius 2 is 2.12 bits per heavy atom. The standard InChI is InChI=1S/C12H13Cl2N3/c1-8(15)4-9-5-10(13)2-3-12(9)17-7-11(14)6-16-17/h2-3,5-8H,4,15H2,1H3. The lowest BCUT2D eigenvalue weighted by atomic mass is 10.1. The Morgan fingerprint density at radius 3 is 2.71 bits per heavy atom. The average Bonchev–Trinajstić information content (AvgIpc) is 2.64. The lowest BCUT2D eigenvalue weighted by Crippen LogP contribution is -2.19. The predicted octanol–water partition coefficient (Wildman–Crippen LogP) is 3.07. The van der Waals surface area contributed by atoms with E-state index in [-0.39, 0.29) is 6.04 Å². The van der Waals surface area contributed by atoms with Gasteiger partial charge in [-0.3, -0.25) is 0 Å². The lowest BCUT2D eigenvalue weighted by molar-refractivity contribution is 0.727. The van der Waals surface area contributed by atoms with Crippen molar-refractivity contribution in [2.75, 3.05) is 0 Å². The predicted molar refractivity (Wildman–Crippen MR) is 70.9 cm³/mol. The molecule has 2 aromatic rings. The molecule has 0 amide bonds. The van der Waals surface area contributed by atoms with Gasteiger partial charge in [0.2, 0.25) is 0 Å². The minimum Gasteiger partial charge on any atom is -0.328 e. The van der Waals surface area contributed by atoms with Crippen LogP contribution in [-0.4, -0.2) is 15.8 Å². The van der Waals surface area contributed by atoms with Crippen LogP contribution in [0.5, 0.6) is 0 Å². The van der Waals surface area contributed by atoms with Gasteiger partial charge in [-0.25, -0.2) is 4.68 Å². The number of aromatic nitrogens is 2. The molecule has 2 rings (SSSR count). The third kappa shape index (κ3) is 3.00. The van der Waals surface area contributed by atoms with E-state index in [4.69, 9.17) is 28.9 Å². The molecule has 1 atom stereocenters. The second-order valence-corrected chi connectivity index (χ2v) is 4.93. The summed E-state index contributed by atoms with van der Waals surface area (Å²) in [5, 5.41) is 5.48. The molecule has 0 saturated heterocycles. The maximum absolute atomic E-state index is 6.00. The van der Waals surface area contributed by atoms with Crippen molar-refractivity contribution < 1.29 is 0 Å². The van der Waals surface area contributed by atoms with E-state index >= 15 is 0 Å². The summed E-state index contributed by atoms with van der Waals surface area (Å²) in [5.74, 6) is 0. The molecule has 0 fully saturated rings. The molecular weight excluding hydrogens is 257 g/mol. The zero-order chi connectivity index (χ0) is 12.4. The van der Waals surface area contributed by atoms with Crippen molar-refractivity contribution in [3.05, 3.63) is 46.2 Å². The van der Waals surface area contributed by atoms with E-state index in [1.165, 1.54) is 0 Å². The van der Waals surface area contributed by atoms with Gasteiger partial charge in [-0.05, 0) is 37.1 Å². The van der Waals surface area contributed by atoms with Crippen LogP contribution < -0.4 is 5.73 Å². The Bertz CT molecular complexity index is 520. The number of hydrogen-bond donors (Lipinski definition) is 1. The highest BCUT2D eigenvalue weighted by Crippen LogP contribution is 2.21. The molecule has 1 heterocycles. The number of nitrogens with zero attached hydrogens (tertiary/aromatic N) is 2. The fourth-order valence-corrected chi connectivity index (χ4v) is 2.05. The molecule has 0 saturated carbocycles. The normalized spacial score (nSPS) is 12.7. The van der Waals surface area contributed by atoms with Gasteiger partial charge >= 0.3 is 0 Å². The average molecular weight is 270 g/mol. The molecule has 0 bridgehead atoms. The molecule has 0 spiro atoms. The van der Waals surface area contributed by atoms with Crippen molar-refractivity contribution in [2.45, 2.75) is 19.4 Å². The van der Waals surface area contributed by atoms with E-state index in [0.717, 1.165) is 17.7 Å². The van der Waals surface area contributed by atoms with Crippen molar-refractivity contribution in [3.8, 4) is 5.69 Å². The van der Waals surface area contributed by atoms with Crippen molar-refractivity contribution in [1.82, 2.24) is 9.78 Å². The van der Waals surface area contributed by atoms with Crippen molar-refractivity contribution in [1.29, 1.82) is 0 Å². The van der Waals surface area contributed by atoms with Crippen molar-refractivity contribution in [3.63, 3.8) is 0 Å². The van der Waals surface area contributed by atoms with Gasteiger partial charge < -0.3 is 5.73 Å². The van der Waals surface area contributed by atoms with E-state index in [2.05, 4.69) is 5.10 Å². The molecule has 17 heavy (non-hydrogen) atoms. The second kappa shape index (κ2) is 5.08. The van der Waals surface area contributed by atoms with Gasteiger partial charge in [0.25, 0.3) is 0 Å². The third-order valence-corrected chi connectivity index (χ3v) is 2.81. The van der Waals surface area contributed by atoms with Crippen molar-refractivity contribution >= 4 is 23.2 Å². The first-order chi connectivity index (χ1) is 8.06. The summed E-state index contributed by atoms with van der Waals surface area (Å²) < 4.78 is 1.73. The van der Waals surface area contributed by atoms with Gasteiger partial charge in [0, 0.05) is 17.3 Å². The maximum Gasteiger partial charge on any atom is 0.0790 e. The number of halogens is 2. The number of rotatable bonds is 3. The zero-order valence-electron chi connectivity index (χ0n) is 9.40. The molecule has 0 aliphatic heterocycles. The second-order valence-electron chi connectivity index (χ2n) is 4.06. The largest absolute Gasteiger partial charge is 0.328 e. The van der Waals surface area contributed by atoms with E-state index in [1.807, 2.05) is 25.1 Å². The van der Waals surface area contributed by atoms with Crippen LogP contribution in [-0.2, 0) is 6.42 Å². The summed E-state index contributed by atoms with van der Waals surface area (Å²) >= 11 is 11.9. The van der Waals surface area contributed by atoms with E-state index < -0.39 is 0 Å². The SMILES string of the molecule is CC(N)Cc1cc(Cl)ccc1-n1cc(Cl)cn1. The molecule has 1 aromatic carbocycles. The molecule has 0 aliphatic rings. The van der Waals surface area contributed by atoms with Crippen LogP contribution >= 0.6 is 23.2 Å². The topological polar surface area (TPSA) is 43.8 Å². The lowest BCUT2D eigenvalue weighted by Gasteiger charge is -2.12. The van der Waals surface area contributed by atoms with E-state index in [9.17, 15) is 0 Å². The molecule has 5 heteroatoms. The summed E-state index contributed by atoms with van der Waals surface area (Å²) in [5.41, 5.74) is 7.85. The smallest absolute Gasteiger partial charge is 0.0790 e. The number of nitrogens with two attached hydrogens (primary N) is 1. The summed E-state index contributed by atoms with van der Waals surface area (Å²) in [6.07, 6.45) is 4.11. The van der Waals surface area contributed by atoms with E-state index in [0.29, 0.717) is 10.0 Å². The van der Waals surface area contributed by atoms with Gasteiger partial charge in [-0.15, -0.1) is 0 Å². The Balaban J connectivity index is 2.45.